The number of halogens is 2. The van der Waals surface area contributed by atoms with Crippen LogP contribution >= 0.6 is 24.8 Å². The molecule has 1 aromatic carbocycles. The highest BCUT2D eigenvalue weighted by molar-refractivity contribution is 5.85. The van der Waals surface area contributed by atoms with Gasteiger partial charge < -0.3 is 11.1 Å². The predicted octanol–water partition coefficient (Wildman–Crippen LogP) is 2.86. The van der Waals surface area contributed by atoms with Crippen molar-refractivity contribution in [3.05, 3.63) is 41.5 Å². The summed E-state index contributed by atoms with van der Waals surface area (Å²) in [5, 5.41) is 3.80. The Morgan fingerprint density at radius 3 is 2.48 bits per heavy atom. The van der Waals surface area contributed by atoms with Crippen molar-refractivity contribution in [3.8, 4) is 0 Å². The number of benzene rings is 1. The molecule has 25 heavy (non-hydrogen) atoms. The summed E-state index contributed by atoms with van der Waals surface area (Å²) >= 11 is 0. The minimum absolute atomic E-state index is 0. The van der Waals surface area contributed by atoms with Crippen molar-refractivity contribution in [2.45, 2.75) is 38.3 Å². The predicted molar refractivity (Wildman–Crippen MR) is 108 cm³/mol. The largest absolute Gasteiger partial charge is 0.369 e. The Labute approximate surface area is 163 Å². The molecular formula is C19H29Cl2N3O. The van der Waals surface area contributed by atoms with E-state index in [2.05, 4.69) is 53.5 Å². The summed E-state index contributed by atoms with van der Waals surface area (Å²) in [7, 11) is 0. The van der Waals surface area contributed by atoms with Gasteiger partial charge in [0.1, 0.15) is 0 Å². The Morgan fingerprint density at radius 1 is 1.24 bits per heavy atom. The Balaban J connectivity index is 0.00000156. The smallest absolute Gasteiger partial charge is 0.231 e. The maximum Gasteiger partial charge on any atom is 0.231 e. The van der Waals surface area contributed by atoms with Crippen LogP contribution in [-0.2, 0) is 4.79 Å². The minimum Gasteiger partial charge on any atom is -0.369 e. The zero-order chi connectivity index (χ0) is 16.2. The van der Waals surface area contributed by atoms with Crippen LogP contribution in [0, 0.1) is 5.92 Å². The van der Waals surface area contributed by atoms with Crippen molar-refractivity contribution < 1.29 is 4.79 Å². The monoisotopic (exact) mass is 385 g/mol. The zero-order valence-electron chi connectivity index (χ0n) is 14.7. The molecule has 1 aromatic rings. The number of nitrogens with one attached hydrogen (secondary N) is 1. The number of nitrogens with zero attached hydrogens (tertiary/aromatic N) is 1. The third-order valence-corrected chi connectivity index (χ3v) is 4.99. The van der Waals surface area contributed by atoms with Gasteiger partial charge in [-0.25, -0.2) is 0 Å². The zero-order valence-corrected chi connectivity index (χ0v) is 16.3. The number of amides is 1. The first-order valence-corrected chi connectivity index (χ1v) is 8.62. The molecular weight excluding hydrogens is 357 g/mol. The van der Waals surface area contributed by atoms with Crippen molar-refractivity contribution in [2.24, 2.45) is 11.7 Å². The fraction of sp³-hybridized carbons (Fsp3) is 0.526. The lowest BCUT2D eigenvalue weighted by Crippen LogP contribution is -2.46. The third kappa shape index (κ3) is 6.63. The first-order valence-electron chi connectivity index (χ1n) is 8.62. The van der Waals surface area contributed by atoms with E-state index < -0.39 is 0 Å². The molecule has 0 aromatic heterocycles. The highest BCUT2D eigenvalue weighted by Crippen LogP contribution is 2.38. The maximum absolute atomic E-state index is 11.0. The average molecular weight is 386 g/mol. The van der Waals surface area contributed by atoms with Gasteiger partial charge in [0.25, 0.3) is 0 Å². The van der Waals surface area contributed by atoms with Crippen molar-refractivity contribution in [3.63, 3.8) is 0 Å². The number of likely N-dealkylation sites (tertiary alicyclic amines) is 1. The first-order chi connectivity index (χ1) is 11.1. The maximum atomic E-state index is 11.0. The third-order valence-electron chi connectivity index (χ3n) is 4.99. The second kappa shape index (κ2) is 10.2. The van der Waals surface area contributed by atoms with E-state index in [0.29, 0.717) is 24.5 Å². The van der Waals surface area contributed by atoms with Crippen molar-refractivity contribution in [1.29, 1.82) is 0 Å². The number of primary amides is 1. The van der Waals surface area contributed by atoms with Gasteiger partial charge in [0.2, 0.25) is 5.91 Å². The molecule has 6 heteroatoms. The summed E-state index contributed by atoms with van der Waals surface area (Å²) in [6.45, 7) is 4.58. The van der Waals surface area contributed by atoms with E-state index in [1.807, 2.05) is 0 Å². The number of hydrogen-bond donors (Lipinski definition) is 2. The number of carbonyl (C=O) groups excluding carboxylic acids is 1. The molecule has 2 aliphatic rings. The Bertz CT molecular complexity index is 571. The molecule has 3 rings (SSSR count). The number of carbonyl (C=O) groups is 1. The number of rotatable bonds is 6. The molecule has 4 nitrogen and oxygen atoms in total. The minimum atomic E-state index is -0.222. The molecule has 1 amide bonds. The number of hydrogen-bond acceptors (Lipinski definition) is 3. The van der Waals surface area contributed by atoms with Crippen LogP contribution in [0.25, 0.3) is 6.08 Å². The molecule has 0 radical (unpaired) electrons. The summed E-state index contributed by atoms with van der Waals surface area (Å²) in [5.74, 6) is 0.458. The number of piperidine rings is 1. The normalized spacial score (nSPS) is 24.1. The van der Waals surface area contributed by atoms with Gasteiger partial charge in [-0.05, 0) is 37.7 Å². The van der Waals surface area contributed by atoms with E-state index in [4.69, 9.17) is 5.73 Å². The van der Waals surface area contributed by atoms with Gasteiger partial charge in [-0.15, -0.1) is 24.8 Å². The van der Waals surface area contributed by atoms with E-state index in [-0.39, 0.29) is 30.7 Å². The van der Waals surface area contributed by atoms with Gasteiger partial charge in [-0.3, -0.25) is 9.69 Å². The highest BCUT2D eigenvalue weighted by Gasteiger charge is 2.39. The van der Waals surface area contributed by atoms with E-state index in [1.165, 1.54) is 17.6 Å². The van der Waals surface area contributed by atoms with Crippen LogP contribution in [0.5, 0.6) is 0 Å². The Hall–Kier alpha value is -1.07. The standard InChI is InChI=1S/C19H27N3O.2ClH/c1-14(11-15-5-3-2-4-6-15)17-12-18(17)21-16-7-9-22(10-8-16)13-19(20)23;;/h2-6,11,16-18,21H,7-10,12-13H2,1H3,(H2,20,23);2*1H/b14-11+;;/t17-,18+;;/m0../s1. The van der Waals surface area contributed by atoms with E-state index in [9.17, 15) is 4.79 Å². The highest BCUT2D eigenvalue weighted by atomic mass is 35.5. The molecule has 1 saturated carbocycles. The lowest BCUT2D eigenvalue weighted by molar-refractivity contribution is -0.119. The van der Waals surface area contributed by atoms with Gasteiger partial charge in [-0.2, -0.15) is 0 Å². The molecule has 0 spiro atoms. The van der Waals surface area contributed by atoms with Gasteiger partial charge >= 0.3 is 0 Å². The van der Waals surface area contributed by atoms with Crippen molar-refractivity contribution in [2.75, 3.05) is 19.6 Å². The summed E-state index contributed by atoms with van der Waals surface area (Å²) in [4.78, 5) is 13.1. The molecule has 140 valence electrons. The fourth-order valence-electron chi connectivity index (χ4n) is 3.58. The molecule has 0 unspecified atom stereocenters. The van der Waals surface area contributed by atoms with Gasteiger partial charge in [0, 0.05) is 25.2 Å². The van der Waals surface area contributed by atoms with Crippen LogP contribution in [0.4, 0.5) is 0 Å². The van der Waals surface area contributed by atoms with Gasteiger partial charge in [0.05, 0.1) is 6.54 Å². The van der Waals surface area contributed by atoms with Crippen molar-refractivity contribution >= 4 is 36.8 Å². The molecule has 3 N–H and O–H groups in total. The molecule has 2 fully saturated rings. The average Bonchev–Trinajstić information content (AvgIpc) is 3.29. The second-order valence-electron chi connectivity index (χ2n) is 6.93. The summed E-state index contributed by atoms with van der Waals surface area (Å²) in [6.07, 6.45) is 5.77. The van der Waals surface area contributed by atoms with E-state index in [0.717, 1.165) is 25.9 Å². The van der Waals surface area contributed by atoms with Crippen LogP contribution in [0.2, 0.25) is 0 Å². The molecule has 2 atom stereocenters. The van der Waals surface area contributed by atoms with Crippen LogP contribution in [0.15, 0.2) is 35.9 Å². The lowest BCUT2D eigenvalue weighted by Gasteiger charge is -2.31. The van der Waals surface area contributed by atoms with Crippen LogP contribution < -0.4 is 11.1 Å². The lowest BCUT2D eigenvalue weighted by atomic mass is 10.0. The summed E-state index contributed by atoms with van der Waals surface area (Å²) in [5.41, 5.74) is 8.02. The second-order valence-corrected chi connectivity index (χ2v) is 6.93. The Morgan fingerprint density at radius 2 is 1.88 bits per heavy atom. The molecule has 1 aliphatic heterocycles. The SMILES string of the molecule is C/C(=C\c1ccccc1)[C@@H]1C[C@H]1NC1CCN(CC(N)=O)CC1.Cl.Cl. The first kappa shape index (κ1) is 22.0. The van der Waals surface area contributed by atoms with Crippen LogP contribution in [0.1, 0.15) is 31.7 Å². The van der Waals surface area contributed by atoms with Crippen molar-refractivity contribution in [1.82, 2.24) is 10.2 Å². The molecule has 1 aliphatic carbocycles. The van der Waals surface area contributed by atoms with Gasteiger partial charge in [-0.1, -0.05) is 42.0 Å². The molecule has 1 heterocycles. The quantitative estimate of drug-likeness (QED) is 0.791. The van der Waals surface area contributed by atoms with E-state index >= 15 is 0 Å². The number of nitrogens with two attached hydrogens (primary N) is 1. The molecule has 1 saturated heterocycles. The topological polar surface area (TPSA) is 58.4 Å². The van der Waals surface area contributed by atoms with Crippen LogP contribution in [-0.4, -0.2) is 42.5 Å². The summed E-state index contributed by atoms with van der Waals surface area (Å²) in [6, 6.07) is 11.7. The fourth-order valence-corrected chi connectivity index (χ4v) is 3.58. The summed E-state index contributed by atoms with van der Waals surface area (Å²) < 4.78 is 0. The van der Waals surface area contributed by atoms with Gasteiger partial charge in [0.15, 0.2) is 0 Å². The van der Waals surface area contributed by atoms with Crippen LogP contribution in [0.3, 0.4) is 0 Å². The Kier molecular flexibility index (Phi) is 8.94. The van der Waals surface area contributed by atoms with E-state index in [1.54, 1.807) is 0 Å². The molecule has 0 bridgehead atoms.